The van der Waals surface area contributed by atoms with Gasteiger partial charge in [-0.2, -0.15) is 0 Å². The van der Waals surface area contributed by atoms with E-state index in [0.717, 1.165) is 25.9 Å². The van der Waals surface area contributed by atoms with E-state index in [4.69, 9.17) is 14.6 Å². The molecule has 1 aliphatic heterocycles. The van der Waals surface area contributed by atoms with Crippen molar-refractivity contribution in [2.45, 2.75) is 45.6 Å². The molecule has 114 valence electrons. The number of carboxylic acid groups (broad SMARTS) is 1. The minimum absolute atomic E-state index is 0.105. The summed E-state index contributed by atoms with van der Waals surface area (Å²) in [6, 6.07) is 0. The second-order valence-electron chi connectivity index (χ2n) is 4.67. The second kappa shape index (κ2) is 10.2. The number of rotatable bonds is 6. The van der Waals surface area contributed by atoms with E-state index >= 15 is 0 Å². The van der Waals surface area contributed by atoms with Crippen LogP contribution in [0.5, 0.6) is 0 Å². The van der Waals surface area contributed by atoms with Gasteiger partial charge in [-0.1, -0.05) is 26.5 Å². The average Bonchev–Trinajstić information content (AvgIpc) is 2.89. The first-order valence-electron chi connectivity index (χ1n) is 6.73. The van der Waals surface area contributed by atoms with Gasteiger partial charge in [0.25, 0.3) is 0 Å². The number of esters is 1. The van der Waals surface area contributed by atoms with Gasteiger partial charge in [0.1, 0.15) is 6.61 Å². The zero-order chi connectivity index (χ0) is 15.5. The molecular formula is C15H24O5. The van der Waals surface area contributed by atoms with Crippen LogP contribution in [0.25, 0.3) is 0 Å². The maximum absolute atomic E-state index is 10.9. The zero-order valence-corrected chi connectivity index (χ0v) is 12.3. The van der Waals surface area contributed by atoms with Crippen LogP contribution in [0.1, 0.15) is 39.5 Å². The molecular weight excluding hydrogens is 260 g/mol. The molecule has 1 fully saturated rings. The molecule has 5 nitrogen and oxygen atoms in total. The number of ether oxygens (including phenoxy) is 2. The molecule has 0 aliphatic carbocycles. The summed E-state index contributed by atoms with van der Waals surface area (Å²) in [7, 11) is 0. The van der Waals surface area contributed by atoms with E-state index in [1.54, 1.807) is 6.92 Å². The molecule has 1 saturated heterocycles. The Balaban J connectivity index is 0.000000396. The van der Waals surface area contributed by atoms with Crippen molar-refractivity contribution in [3.63, 3.8) is 0 Å². The Kier molecular flexibility index (Phi) is 9.38. The summed E-state index contributed by atoms with van der Waals surface area (Å²) in [4.78, 5) is 20.9. The molecule has 20 heavy (non-hydrogen) atoms. The van der Waals surface area contributed by atoms with Gasteiger partial charge in [0.05, 0.1) is 6.10 Å². The summed E-state index contributed by atoms with van der Waals surface area (Å²) < 4.78 is 10.2. The molecule has 0 aromatic rings. The minimum Gasteiger partial charge on any atom is -0.478 e. The lowest BCUT2D eigenvalue weighted by atomic mass is 10.2. The average molecular weight is 284 g/mol. The molecule has 5 heteroatoms. The topological polar surface area (TPSA) is 72.8 Å². The first-order valence-corrected chi connectivity index (χ1v) is 6.73. The highest BCUT2D eigenvalue weighted by Gasteiger charge is 2.17. The molecule has 0 spiro atoms. The van der Waals surface area contributed by atoms with Gasteiger partial charge in [0, 0.05) is 17.8 Å². The van der Waals surface area contributed by atoms with Crippen molar-refractivity contribution in [2.75, 3.05) is 13.2 Å². The van der Waals surface area contributed by atoms with Crippen molar-refractivity contribution in [3.05, 3.63) is 24.3 Å². The van der Waals surface area contributed by atoms with Crippen LogP contribution >= 0.6 is 0 Å². The van der Waals surface area contributed by atoms with Crippen LogP contribution in [0.15, 0.2) is 24.3 Å². The van der Waals surface area contributed by atoms with Crippen LogP contribution in [0, 0.1) is 0 Å². The van der Waals surface area contributed by atoms with Crippen molar-refractivity contribution in [1.29, 1.82) is 0 Å². The van der Waals surface area contributed by atoms with Crippen molar-refractivity contribution < 1.29 is 24.2 Å². The van der Waals surface area contributed by atoms with Crippen molar-refractivity contribution in [2.24, 2.45) is 0 Å². The van der Waals surface area contributed by atoms with Crippen molar-refractivity contribution in [3.8, 4) is 0 Å². The van der Waals surface area contributed by atoms with Gasteiger partial charge in [-0.15, -0.1) is 0 Å². The molecule has 1 unspecified atom stereocenters. The summed E-state index contributed by atoms with van der Waals surface area (Å²) in [5.74, 6) is -1.21. The lowest BCUT2D eigenvalue weighted by Gasteiger charge is -2.09. The summed E-state index contributed by atoms with van der Waals surface area (Å²) in [6.45, 7) is 11.5. The van der Waals surface area contributed by atoms with Crippen LogP contribution < -0.4 is 0 Å². The highest BCUT2D eigenvalue weighted by Crippen LogP contribution is 2.12. The first-order chi connectivity index (χ1) is 9.38. The fourth-order valence-electron chi connectivity index (χ4n) is 1.48. The fraction of sp³-hybridized carbons (Fsp3) is 0.600. The number of hydrogen-bond donors (Lipinski definition) is 1. The maximum atomic E-state index is 10.9. The largest absolute Gasteiger partial charge is 0.478 e. The van der Waals surface area contributed by atoms with E-state index < -0.39 is 5.97 Å². The molecule has 1 aliphatic rings. The minimum atomic E-state index is -0.883. The van der Waals surface area contributed by atoms with E-state index in [1.807, 2.05) is 6.92 Å². The summed E-state index contributed by atoms with van der Waals surface area (Å²) in [5, 5.41) is 8.21. The molecule has 0 aromatic carbocycles. The number of carbonyl (C=O) groups is 2. The quantitative estimate of drug-likeness (QED) is 0.599. The first kappa shape index (κ1) is 18.4. The fourth-order valence-corrected chi connectivity index (χ4v) is 1.48. The molecule has 0 saturated carbocycles. The van der Waals surface area contributed by atoms with E-state index in [2.05, 4.69) is 13.2 Å². The van der Waals surface area contributed by atoms with E-state index in [9.17, 15) is 9.59 Å². The predicted molar refractivity (Wildman–Crippen MR) is 76.4 cm³/mol. The smallest absolute Gasteiger partial charge is 0.333 e. The van der Waals surface area contributed by atoms with Crippen LogP contribution in [0.2, 0.25) is 0 Å². The summed E-state index contributed by atoms with van der Waals surface area (Å²) >= 11 is 0. The van der Waals surface area contributed by atoms with Crippen molar-refractivity contribution in [1.82, 2.24) is 0 Å². The molecule has 0 bridgehead atoms. The lowest BCUT2D eigenvalue weighted by molar-refractivity contribution is -0.142. The molecule has 0 amide bonds. The Bertz CT molecular complexity index is 353. The van der Waals surface area contributed by atoms with Crippen LogP contribution in [0.3, 0.4) is 0 Å². The van der Waals surface area contributed by atoms with E-state index in [-0.39, 0.29) is 12.1 Å². The molecule has 0 radical (unpaired) electrons. The van der Waals surface area contributed by atoms with Gasteiger partial charge in [-0.25, -0.2) is 9.59 Å². The number of carboxylic acids is 1. The number of aliphatic carboxylic acids is 1. The van der Waals surface area contributed by atoms with E-state index in [1.165, 1.54) is 0 Å². The number of hydrogen-bond acceptors (Lipinski definition) is 4. The highest BCUT2D eigenvalue weighted by atomic mass is 16.6. The Morgan fingerprint density at radius 2 is 2.05 bits per heavy atom. The maximum Gasteiger partial charge on any atom is 0.333 e. The Morgan fingerprint density at radius 1 is 1.40 bits per heavy atom. The van der Waals surface area contributed by atoms with E-state index in [0.29, 0.717) is 24.2 Å². The molecule has 1 heterocycles. The SMILES string of the molecule is C=C(C)C(=O)OCC1CCCO1.C=C(CCC)C(=O)O. The standard InChI is InChI=1S/C9H14O3.C6H10O2/c1-7(2)9(10)12-6-8-4-3-5-11-8;1-3-4-5(2)6(7)8/h8H,1,3-6H2,2H3;2-4H2,1H3,(H,7,8). The monoisotopic (exact) mass is 284 g/mol. The molecule has 0 aromatic heterocycles. The Labute approximate surface area is 120 Å². The Hall–Kier alpha value is -1.62. The van der Waals surface area contributed by atoms with Crippen LogP contribution in [-0.4, -0.2) is 36.4 Å². The van der Waals surface area contributed by atoms with Gasteiger partial charge in [-0.05, 0) is 26.2 Å². The molecule has 1 rings (SSSR count). The third-order valence-corrected chi connectivity index (χ3v) is 2.63. The third kappa shape index (κ3) is 8.48. The second-order valence-corrected chi connectivity index (χ2v) is 4.67. The molecule has 1 N–H and O–H groups in total. The van der Waals surface area contributed by atoms with Gasteiger partial charge in [0.2, 0.25) is 0 Å². The van der Waals surface area contributed by atoms with Gasteiger partial charge >= 0.3 is 11.9 Å². The van der Waals surface area contributed by atoms with Crippen LogP contribution in [-0.2, 0) is 19.1 Å². The Morgan fingerprint density at radius 3 is 2.40 bits per heavy atom. The normalized spacial score (nSPS) is 16.8. The van der Waals surface area contributed by atoms with Crippen LogP contribution in [0.4, 0.5) is 0 Å². The van der Waals surface area contributed by atoms with Gasteiger partial charge in [-0.3, -0.25) is 0 Å². The highest BCUT2D eigenvalue weighted by molar-refractivity contribution is 5.87. The molecule has 1 atom stereocenters. The zero-order valence-electron chi connectivity index (χ0n) is 12.3. The lowest BCUT2D eigenvalue weighted by Crippen LogP contribution is -2.17. The van der Waals surface area contributed by atoms with Crippen molar-refractivity contribution >= 4 is 11.9 Å². The van der Waals surface area contributed by atoms with Gasteiger partial charge in [0.15, 0.2) is 0 Å². The van der Waals surface area contributed by atoms with Gasteiger partial charge < -0.3 is 14.6 Å². The summed E-state index contributed by atoms with van der Waals surface area (Å²) in [5.41, 5.74) is 0.737. The number of carbonyl (C=O) groups excluding carboxylic acids is 1. The third-order valence-electron chi connectivity index (χ3n) is 2.63. The predicted octanol–water partition coefficient (Wildman–Crippen LogP) is 2.71. The summed E-state index contributed by atoms with van der Waals surface area (Å²) in [6.07, 6.45) is 3.60.